The zero-order valence-electron chi connectivity index (χ0n) is 20.9. The summed E-state index contributed by atoms with van der Waals surface area (Å²) in [5.41, 5.74) is 3.41. The van der Waals surface area contributed by atoms with E-state index in [2.05, 4.69) is 5.32 Å². The van der Waals surface area contributed by atoms with Crippen LogP contribution < -0.4 is 29.0 Å². The number of ether oxygens (including phenoxy) is 5. The molecule has 8 nitrogen and oxygen atoms in total. The van der Waals surface area contributed by atoms with Crippen LogP contribution in [0.25, 0.3) is 22.2 Å². The van der Waals surface area contributed by atoms with Crippen LogP contribution in [0.2, 0.25) is 0 Å². The molecule has 4 aromatic rings. The average Bonchev–Trinajstić information content (AvgIpc) is 2.94. The molecule has 0 bridgehead atoms. The molecule has 36 heavy (non-hydrogen) atoms. The minimum Gasteiger partial charge on any atom is -0.496 e. The summed E-state index contributed by atoms with van der Waals surface area (Å²) in [6, 6.07) is 18.4. The molecule has 0 fully saturated rings. The summed E-state index contributed by atoms with van der Waals surface area (Å²) in [7, 11) is 7.85. The lowest BCUT2D eigenvalue weighted by Crippen LogP contribution is -2.23. The first-order valence-corrected chi connectivity index (χ1v) is 11.2. The van der Waals surface area contributed by atoms with Gasteiger partial charge in [0.2, 0.25) is 0 Å². The number of para-hydroxylation sites is 1. The third-order valence-electron chi connectivity index (χ3n) is 5.87. The number of nitrogens with one attached hydrogen (secondary N) is 1. The summed E-state index contributed by atoms with van der Waals surface area (Å²) in [6.07, 6.45) is 0. The number of benzene rings is 3. The Hall–Kier alpha value is -4.46. The van der Waals surface area contributed by atoms with Gasteiger partial charge in [-0.05, 0) is 36.4 Å². The first-order valence-electron chi connectivity index (χ1n) is 11.2. The van der Waals surface area contributed by atoms with E-state index in [1.54, 1.807) is 53.7 Å². The van der Waals surface area contributed by atoms with E-state index in [1.165, 1.54) is 0 Å². The predicted molar refractivity (Wildman–Crippen MR) is 138 cm³/mol. The monoisotopic (exact) mass is 488 g/mol. The maximum Gasteiger partial charge on any atom is 0.252 e. The molecule has 0 radical (unpaired) electrons. The number of nitrogens with zero attached hydrogens (tertiary/aromatic N) is 1. The van der Waals surface area contributed by atoms with Crippen LogP contribution in [0, 0.1) is 0 Å². The molecule has 0 saturated carbocycles. The number of pyridine rings is 1. The van der Waals surface area contributed by atoms with E-state index < -0.39 is 0 Å². The van der Waals surface area contributed by atoms with Gasteiger partial charge in [0.25, 0.3) is 5.91 Å². The van der Waals surface area contributed by atoms with Crippen molar-refractivity contribution in [2.75, 3.05) is 35.5 Å². The van der Waals surface area contributed by atoms with Crippen molar-refractivity contribution in [2.24, 2.45) is 0 Å². The van der Waals surface area contributed by atoms with Gasteiger partial charge in [-0.25, -0.2) is 4.98 Å². The van der Waals surface area contributed by atoms with Crippen molar-refractivity contribution < 1.29 is 28.5 Å². The van der Waals surface area contributed by atoms with Crippen LogP contribution in [0.5, 0.6) is 28.7 Å². The lowest BCUT2D eigenvalue weighted by Gasteiger charge is -2.15. The lowest BCUT2D eigenvalue weighted by atomic mass is 10.0. The van der Waals surface area contributed by atoms with E-state index in [9.17, 15) is 4.79 Å². The highest BCUT2D eigenvalue weighted by atomic mass is 16.5. The number of hydrogen-bond donors (Lipinski definition) is 1. The minimum absolute atomic E-state index is 0.227. The summed E-state index contributed by atoms with van der Waals surface area (Å²) in [6.45, 7) is 0.227. The van der Waals surface area contributed by atoms with E-state index in [-0.39, 0.29) is 12.5 Å². The first-order chi connectivity index (χ1) is 17.5. The Bertz CT molecular complexity index is 1400. The van der Waals surface area contributed by atoms with E-state index >= 15 is 0 Å². The molecule has 0 aliphatic carbocycles. The molecule has 1 N–H and O–H groups in total. The molecular weight excluding hydrogens is 460 g/mol. The highest BCUT2D eigenvalue weighted by molar-refractivity contribution is 6.07. The number of carbonyl (C=O) groups excluding carboxylic acids is 1. The second-order valence-electron chi connectivity index (χ2n) is 7.84. The van der Waals surface area contributed by atoms with E-state index in [1.807, 2.05) is 42.5 Å². The van der Waals surface area contributed by atoms with Crippen molar-refractivity contribution >= 4 is 16.8 Å². The molecule has 1 amide bonds. The number of amides is 1. The van der Waals surface area contributed by atoms with E-state index in [0.717, 1.165) is 16.5 Å². The molecule has 0 aliphatic heterocycles. The van der Waals surface area contributed by atoms with Crippen LogP contribution in [-0.2, 0) is 6.54 Å². The molecule has 0 aliphatic rings. The van der Waals surface area contributed by atoms with Gasteiger partial charge in [-0.2, -0.15) is 0 Å². The van der Waals surface area contributed by atoms with Crippen LogP contribution in [0.3, 0.4) is 0 Å². The summed E-state index contributed by atoms with van der Waals surface area (Å²) >= 11 is 0. The highest BCUT2D eigenvalue weighted by Crippen LogP contribution is 2.35. The smallest absolute Gasteiger partial charge is 0.252 e. The fraction of sp³-hybridized carbons (Fsp3) is 0.214. The van der Waals surface area contributed by atoms with Crippen molar-refractivity contribution in [3.8, 4) is 40.0 Å². The Kier molecular flexibility index (Phi) is 7.44. The van der Waals surface area contributed by atoms with Gasteiger partial charge in [-0.3, -0.25) is 4.79 Å². The van der Waals surface area contributed by atoms with Crippen LogP contribution in [-0.4, -0.2) is 46.4 Å². The van der Waals surface area contributed by atoms with Crippen LogP contribution >= 0.6 is 0 Å². The molecule has 3 aromatic carbocycles. The topological polar surface area (TPSA) is 88.1 Å². The second kappa shape index (κ2) is 10.9. The first kappa shape index (κ1) is 24.7. The van der Waals surface area contributed by atoms with Crippen molar-refractivity contribution in [2.45, 2.75) is 6.54 Å². The Morgan fingerprint density at radius 1 is 0.722 bits per heavy atom. The Morgan fingerprint density at radius 3 is 2.06 bits per heavy atom. The van der Waals surface area contributed by atoms with Crippen molar-refractivity contribution in [3.05, 3.63) is 71.8 Å². The number of methoxy groups -OCH3 is 5. The molecule has 0 unspecified atom stereocenters. The van der Waals surface area contributed by atoms with Crippen molar-refractivity contribution in [1.29, 1.82) is 0 Å². The number of hydrogen-bond acceptors (Lipinski definition) is 7. The SMILES string of the molecule is COc1cc(OC)c(OC)cc1CNC(=O)c1cc(-c2ccc(OC)c(OC)c2)nc2ccccc12. The van der Waals surface area contributed by atoms with Crippen molar-refractivity contribution in [1.82, 2.24) is 10.3 Å². The number of aromatic nitrogens is 1. The zero-order chi connectivity index (χ0) is 25.7. The third-order valence-corrected chi connectivity index (χ3v) is 5.87. The van der Waals surface area contributed by atoms with Crippen LogP contribution in [0.4, 0.5) is 0 Å². The summed E-state index contributed by atoms with van der Waals surface area (Å²) in [5, 5.41) is 3.75. The molecule has 4 rings (SSSR count). The Labute approximate surface area is 209 Å². The number of rotatable bonds is 9. The standard InChI is InChI=1S/C28H28N2O6/c1-32-23-11-10-17(12-25(23)34-3)22-14-20(19-8-6-7-9-21(19)30-22)28(31)29-16-18-13-26(35-4)27(36-5)15-24(18)33-2/h6-15H,16H2,1-5H3,(H,29,31). The van der Waals surface area contributed by atoms with Crippen LogP contribution in [0.1, 0.15) is 15.9 Å². The molecular formula is C28H28N2O6. The quantitative estimate of drug-likeness (QED) is 0.359. The van der Waals surface area contributed by atoms with E-state index in [0.29, 0.717) is 45.5 Å². The zero-order valence-corrected chi connectivity index (χ0v) is 20.9. The predicted octanol–water partition coefficient (Wildman–Crippen LogP) is 4.87. The lowest BCUT2D eigenvalue weighted by molar-refractivity contribution is 0.0952. The normalized spacial score (nSPS) is 10.6. The fourth-order valence-electron chi connectivity index (χ4n) is 4.01. The molecule has 1 aromatic heterocycles. The molecule has 8 heteroatoms. The molecule has 186 valence electrons. The van der Waals surface area contributed by atoms with Gasteiger partial charge in [-0.15, -0.1) is 0 Å². The van der Waals surface area contributed by atoms with Gasteiger partial charge in [0.1, 0.15) is 5.75 Å². The summed E-state index contributed by atoms with van der Waals surface area (Å²) < 4.78 is 27.0. The molecule has 0 saturated heterocycles. The second-order valence-corrected chi connectivity index (χ2v) is 7.84. The number of carbonyl (C=O) groups is 1. The van der Waals surface area contributed by atoms with Gasteiger partial charge in [-0.1, -0.05) is 18.2 Å². The largest absolute Gasteiger partial charge is 0.496 e. The minimum atomic E-state index is -0.243. The van der Waals surface area contributed by atoms with Gasteiger partial charge in [0.15, 0.2) is 23.0 Å². The fourth-order valence-corrected chi connectivity index (χ4v) is 4.01. The Balaban J connectivity index is 1.70. The van der Waals surface area contributed by atoms with Gasteiger partial charge in [0.05, 0.1) is 52.3 Å². The summed E-state index contributed by atoms with van der Waals surface area (Å²) in [5.74, 6) is 2.63. The maximum absolute atomic E-state index is 13.4. The maximum atomic E-state index is 13.4. The van der Waals surface area contributed by atoms with Gasteiger partial charge < -0.3 is 29.0 Å². The molecule has 1 heterocycles. The van der Waals surface area contributed by atoms with Gasteiger partial charge >= 0.3 is 0 Å². The van der Waals surface area contributed by atoms with E-state index in [4.69, 9.17) is 28.7 Å². The summed E-state index contributed by atoms with van der Waals surface area (Å²) in [4.78, 5) is 18.2. The Morgan fingerprint density at radius 2 is 1.36 bits per heavy atom. The van der Waals surface area contributed by atoms with Crippen LogP contribution in [0.15, 0.2) is 60.7 Å². The molecule has 0 spiro atoms. The average molecular weight is 489 g/mol. The third kappa shape index (κ3) is 4.84. The highest BCUT2D eigenvalue weighted by Gasteiger charge is 2.17. The van der Waals surface area contributed by atoms with Crippen molar-refractivity contribution in [3.63, 3.8) is 0 Å². The molecule has 0 atom stereocenters. The number of fused-ring (bicyclic) bond motifs is 1. The van der Waals surface area contributed by atoms with Gasteiger partial charge in [0, 0.05) is 29.1 Å².